The van der Waals surface area contributed by atoms with Crippen LogP contribution in [-0.4, -0.2) is 70.0 Å². The third kappa shape index (κ3) is 5.08. The van der Waals surface area contributed by atoms with E-state index in [0.717, 1.165) is 9.87 Å². The van der Waals surface area contributed by atoms with Gasteiger partial charge < -0.3 is 9.64 Å². The van der Waals surface area contributed by atoms with Gasteiger partial charge in [0.2, 0.25) is 5.91 Å². The first-order valence-corrected chi connectivity index (χ1v) is 12.2. The van der Waals surface area contributed by atoms with Crippen LogP contribution >= 0.6 is 0 Å². The monoisotopic (exact) mass is 479 g/mol. The Morgan fingerprint density at radius 2 is 1.85 bits per heavy atom. The fraction of sp³-hybridized carbons (Fsp3) is 0.435. The minimum Gasteiger partial charge on any atom is -0.373 e. The number of carbonyl (C=O) groups is 1. The number of hydrogen-bond donors (Lipinski definition) is 1. The Bertz CT molecular complexity index is 1120. The van der Waals surface area contributed by atoms with Crippen LogP contribution in [0.3, 0.4) is 0 Å². The zero-order valence-corrected chi connectivity index (χ0v) is 19.3. The van der Waals surface area contributed by atoms with Gasteiger partial charge in [0.1, 0.15) is 11.6 Å². The predicted molar refractivity (Wildman–Crippen MR) is 120 cm³/mol. The number of ether oxygens (including phenoxy) is 1. The first-order valence-electron chi connectivity index (χ1n) is 10.8. The van der Waals surface area contributed by atoms with Crippen LogP contribution in [0.4, 0.5) is 8.78 Å². The van der Waals surface area contributed by atoms with Gasteiger partial charge in [-0.2, -0.15) is 17.4 Å². The minimum atomic E-state index is -3.58. The van der Waals surface area contributed by atoms with Gasteiger partial charge in [-0.3, -0.25) is 4.79 Å². The molecule has 178 valence electrons. The van der Waals surface area contributed by atoms with Crippen LogP contribution in [0.15, 0.2) is 42.5 Å². The standard InChI is InChI=1S/C23H27F2N3O4S/c1-27(2)33(30,31)26-13-15-14-28(10-11-32-15)23(29)19-12-18(19)16-6-3-4-7-17(16)22-20(24)8-5-9-21(22)25/h3-9,15,18-19,26H,10-14H2,1-2H3/t15-,18+,19-/m1/s1. The highest BCUT2D eigenvalue weighted by Crippen LogP contribution is 2.51. The van der Waals surface area contributed by atoms with E-state index in [2.05, 4.69) is 4.72 Å². The molecule has 0 radical (unpaired) electrons. The second kappa shape index (κ2) is 9.46. The van der Waals surface area contributed by atoms with E-state index < -0.39 is 27.9 Å². The van der Waals surface area contributed by atoms with E-state index in [4.69, 9.17) is 4.74 Å². The summed E-state index contributed by atoms with van der Waals surface area (Å²) in [6.45, 7) is 1.08. The third-order valence-corrected chi connectivity index (χ3v) is 7.62. The average molecular weight is 480 g/mol. The lowest BCUT2D eigenvalue weighted by atomic mass is 9.95. The second-order valence-electron chi connectivity index (χ2n) is 8.55. The van der Waals surface area contributed by atoms with Gasteiger partial charge in [0.25, 0.3) is 10.2 Å². The van der Waals surface area contributed by atoms with E-state index in [-0.39, 0.29) is 36.4 Å². The highest BCUT2D eigenvalue weighted by atomic mass is 32.2. The number of amides is 1. The fourth-order valence-electron chi connectivity index (χ4n) is 4.22. The number of benzene rings is 2. The molecule has 2 aliphatic rings. The maximum atomic E-state index is 14.4. The maximum Gasteiger partial charge on any atom is 0.279 e. The van der Waals surface area contributed by atoms with Crippen LogP contribution in [0.5, 0.6) is 0 Å². The van der Waals surface area contributed by atoms with E-state index in [0.29, 0.717) is 25.1 Å². The van der Waals surface area contributed by atoms with Gasteiger partial charge >= 0.3 is 0 Å². The molecule has 1 saturated heterocycles. The number of rotatable bonds is 7. The molecule has 33 heavy (non-hydrogen) atoms. The van der Waals surface area contributed by atoms with Gasteiger partial charge in [0.05, 0.1) is 18.3 Å². The van der Waals surface area contributed by atoms with Crippen LogP contribution in [0.25, 0.3) is 11.1 Å². The van der Waals surface area contributed by atoms with Gasteiger partial charge in [-0.05, 0) is 35.6 Å². The van der Waals surface area contributed by atoms with Gasteiger partial charge in [-0.25, -0.2) is 8.78 Å². The summed E-state index contributed by atoms with van der Waals surface area (Å²) in [6, 6.07) is 10.8. The van der Waals surface area contributed by atoms with Crippen molar-refractivity contribution in [2.24, 2.45) is 5.92 Å². The number of halogens is 2. The van der Waals surface area contributed by atoms with Gasteiger partial charge in [0.15, 0.2) is 0 Å². The lowest BCUT2D eigenvalue weighted by Gasteiger charge is -2.33. The molecule has 2 fully saturated rings. The lowest BCUT2D eigenvalue weighted by molar-refractivity contribution is -0.139. The number of nitrogens with zero attached hydrogens (tertiary/aromatic N) is 2. The Morgan fingerprint density at radius 1 is 1.15 bits per heavy atom. The molecule has 0 bridgehead atoms. The van der Waals surface area contributed by atoms with Crippen molar-refractivity contribution >= 4 is 16.1 Å². The molecule has 0 spiro atoms. The molecule has 1 saturated carbocycles. The molecule has 1 amide bonds. The average Bonchev–Trinajstić information content (AvgIpc) is 3.58. The van der Waals surface area contributed by atoms with Crippen molar-refractivity contribution in [1.82, 2.24) is 13.9 Å². The third-order valence-electron chi connectivity index (χ3n) is 6.12. The van der Waals surface area contributed by atoms with Crippen molar-refractivity contribution in [2.45, 2.75) is 18.4 Å². The minimum absolute atomic E-state index is 0.0485. The molecule has 10 heteroatoms. The van der Waals surface area contributed by atoms with Crippen molar-refractivity contribution in [3.8, 4) is 11.1 Å². The molecule has 0 unspecified atom stereocenters. The Labute approximate surface area is 192 Å². The van der Waals surface area contributed by atoms with Gasteiger partial charge in [0, 0.05) is 39.6 Å². The Hall–Kier alpha value is -2.40. The summed E-state index contributed by atoms with van der Waals surface area (Å²) in [6.07, 6.45) is 0.149. The van der Waals surface area contributed by atoms with E-state index in [1.807, 2.05) is 6.07 Å². The maximum absolute atomic E-state index is 14.4. The first-order chi connectivity index (χ1) is 15.7. The van der Waals surface area contributed by atoms with Gasteiger partial charge in [-0.15, -0.1) is 0 Å². The van der Waals surface area contributed by atoms with E-state index >= 15 is 0 Å². The molecule has 2 aromatic rings. The SMILES string of the molecule is CN(C)S(=O)(=O)NC[C@@H]1CN(C(=O)[C@@H]2C[C@H]2c2ccccc2-c2c(F)cccc2F)CCO1. The van der Waals surface area contributed by atoms with Crippen molar-refractivity contribution in [1.29, 1.82) is 0 Å². The highest BCUT2D eigenvalue weighted by Gasteiger charge is 2.47. The topological polar surface area (TPSA) is 79.0 Å². The summed E-state index contributed by atoms with van der Waals surface area (Å²) in [7, 11) is -0.726. The summed E-state index contributed by atoms with van der Waals surface area (Å²) < 4.78 is 61.9. The normalized spacial score (nSPS) is 23.1. The van der Waals surface area contributed by atoms with Crippen LogP contribution < -0.4 is 4.72 Å². The van der Waals surface area contributed by atoms with Crippen molar-refractivity contribution in [2.75, 3.05) is 40.3 Å². The predicted octanol–water partition coefficient (Wildman–Crippen LogP) is 2.36. The summed E-state index contributed by atoms with van der Waals surface area (Å²) in [5, 5.41) is 0. The van der Waals surface area contributed by atoms with E-state index in [1.54, 1.807) is 23.1 Å². The molecule has 1 heterocycles. The van der Waals surface area contributed by atoms with E-state index in [9.17, 15) is 22.0 Å². The quantitative estimate of drug-likeness (QED) is 0.662. The summed E-state index contributed by atoms with van der Waals surface area (Å²) in [5.74, 6) is -1.73. The number of carbonyl (C=O) groups excluding carboxylic acids is 1. The molecule has 1 aliphatic carbocycles. The zero-order valence-electron chi connectivity index (χ0n) is 18.5. The van der Waals surface area contributed by atoms with Crippen LogP contribution in [0.2, 0.25) is 0 Å². The molecular weight excluding hydrogens is 452 g/mol. The number of morpholine rings is 1. The largest absolute Gasteiger partial charge is 0.373 e. The zero-order chi connectivity index (χ0) is 23.8. The molecule has 1 aliphatic heterocycles. The molecule has 1 N–H and O–H groups in total. The Morgan fingerprint density at radius 3 is 2.55 bits per heavy atom. The highest BCUT2D eigenvalue weighted by molar-refractivity contribution is 7.87. The summed E-state index contributed by atoms with van der Waals surface area (Å²) in [5.41, 5.74) is 1.14. The Balaban J connectivity index is 1.44. The fourth-order valence-corrected chi connectivity index (χ4v) is 4.87. The number of hydrogen-bond acceptors (Lipinski definition) is 4. The number of nitrogens with one attached hydrogen (secondary N) is 1. The molecule has 4 rings (SSSR count). The molecule has 2 aromatic carbocycles. The van der Waals surface area contributed by atoms with Crippen LogP contribution in [-0.2, 0) is 19.7 Å². The second-order valence-corrected chi connectivity index (χ2v) is 10.5. The van der Waals surface area contributed by atoms with E-state index in [1.165, 1.54) is 32.3 Å². The van der Waals surface area contributed by atoms with Crippen molar-refractivity contribution in [3.63, 3.8) is 0 Å². The molecule has 3 atom stereocenters. The van der Waals surface area contributed by atoms with Crippen LogP contribution in [0.1, 0.15) is 17.9 Å². The van der Waals surface area contributed by atoms with Crippen LogP contribution in [0, 0.1) is 17.6 Å². The summed E-state index contributed by atoms with van der Waals surface area (Å²) in [4.78, 5) is 14.8. The smallest absolute Gasteiger partial charge is 0.279 e. The van der Waals surface area contributed by atoms with Crippen molar-refractivity contribution < 1.29 is 26.7 Å². The molecular formula is C23H27F2N3O4S. The first kappa shape index (κ1) is 23.7. The molecule has 0 aromatic heterocycles. The van der Waals surface area contributed by atoms with Gasteiger partial charge in [-0.1, -0.05) is 30.3 Å². The lowest BCUT2D eigenvalue weighted by Crippen LogP contribution is -2.51. The van der Waals surface area contributed by atoms with Crippen molar-refractivity contribution in [3.05, 3.63) is 59.7 Å². The Kier molecular flexibility index (Phi) is 6.81. The molecule has 7 nitrogen and oxygen atoms in total. The summed E-state index contributed by atoms with van der Waals surface area (Å²) >= 11 is 0.